The third-order valence-corrected chi connectivity index (χ3v) is 6.44. The summed E-state index contributed by atoms with van der Waals surface area (Å²) < 4.78 is 2.05. The van der Waals surface area contributed by atoms with Gasteiger partial charge in [0, 0.05) is 10.9 Å². The molecule has 0 N–H and O–H groups in total. The van der Waals surface area contributed by atoms with Crippen LogP contribution in [0.3, 0.4) is 0 Å². The summed E-state index contributed by atoms with van der Waals surface area (Å²) in [5, 5.41) is 1.03. The molecule has 0 saturated heterocycles. The number of rotatable bonds is 3. The van der Waals surface area contributed by atoms with E-state index in [0.717, 1.165) is 68.5 Å². The van der Waals surface area contributed by atoms with Crippen LogP contribution < -0.4 is 0 Å². The summed E-state index contributed by atoms with van der Waals surface area (Å²) >= 11 is 0. The van der Waals surface area contributed by atoms with E-state index < -0.39 is 0 Å². The van der Waals surface area contributed by atoms with E-state index >= 15 is 0 Å². The molecule has 5 nitrogen and oxygen atoms in total. The molecule has 1 aliphatic rings. The molecule has 3 aromatic heterocycles. The van der Waals surface area contributed by atoms with Crippen LogP contribution in [0.1, 0.15) is 18.5 Å². The van der Waals surface area contributed by atoms with E-state index in [0.29, 0.717) is 5.95 Å². The predicted molar refractivity (Wildman–Crippen MR) is 141 cm³/mol. The van der Waals surface area contributed by atoms with E-state index in [1.54, 1.807) is 0 Å². The number of para-hydroxylation sites is 3. The highest BCUT2D eigenvalue weighted by molar-refractivity contribution is 6.07. The van der Waals surface area contributed by atoms with Crippen molar-refractivity contribution in [2.24, 2.45) is 0 Å². The zero-order chi connectivity index (χ0) is 23.2. The number of fused-ring (bicyclic) bond motifs is 4. The number of benzene rings is 3. The van der Waals surface area contributed by atoms with Crippen LogP contribution in [0.25, 0.3) is 55.9 Å². The van der Waals surface area contributed by atoms with Gasteiger partial charge in [-0.05, 0) is 42.7 Å². The lowest BCUT2D eigenvalue weighted by Gasteiger charge is -2.13. The summed E-state index contributed by atoms with van der Waals surface area (Å²) in [4.78, 5) is 20.1. The van der Waals surface area contributed by atoms with Gasteiger partial charge in [0.15, 0.2) is 5.65 Å². The van der Waals surface area contributed by atoms with Crippen molar-refractivity contribution in [2.45, 2.75) is 12.8 Å². The molecule has 166 valence electrons. The largest absolute Gasteiger partial charge is 0.260 e. The molecule has 0 saturated carbocycles. The first-order valence-corrected chi connectivity index (χ1v) is 11.8. The van der Waals surface area contributed by atoms with Crippen LogP contribution in [0.5, 0.6) is 0 Å². The fourth-order valence-electron chi connectivity index (χ4n) is 4.76. The Balaban J connectivity index is 1.57. The summed E-state index contributed by atoms with van der Waals surface area (Å²) in [7, 11) is 0. The van der Waals surface area contributed by atoms with Gasteiger partial charge in [-0.1, -0.05) is 78.9 Å². The van der Waals surface area contributed by atoms with E-state index in [1.807, 2.05) is 59.2 Å². The topological polar surface area (TPSA) is 56.5 Å². The number of hydrogen-bond acceptors (Lipinski definition) is 4. The van der Waals surface area contributed by atoms with Crippen molar-refractivity contribution in [2.75, 3.05) is 0 Å². The van der Waals surface area contributed by atoms with Gasteiger partial charge in [-0.3, -0.25) is 4.57 Å². The maximum atomic E-state index is 5.07. The first-order valence-electron chi connectivity index (χ1n) is 11.8. The molecule has 0 atom stereocenters. The second kappa shape index (κ2) is 7.99. The lowest BCUT2D eigenvalue weighted by atomic mass is 10.0. The van der Waals surface area contributed by atoms with Crippen LogP contribution in [0, 0.1) is 0 Å². The maximum absolute atomic E-state index is 5.07. The lowest BCUT2D eigenvalue weighted by Crippen LogP contribution is -2.06. The summed E-state index contributed by atoms with van der Waals surface area (Å²) in [6, 6.07) is 28.6. The molecule has 3 aromatic carbocycles. The molecular formula is C30H21N5. The van der Waals surface area contributed by atoms with Crippen LogP contribution in [-0.2, 0) is 0 Å². The van der Waals surface area contributed by atoms with Gasteiger partial charge in [-0.15, -0.1) is 0 Å². The van der Waals surface area contributed by atoms with Crippen molar-refractivity contribution < 1.29 is 0 Å². The minimum atomic E-state index is 0.594. The molecular weight excluding hydrogens is 430 g/mol. The molecule has 0 unspecified atom stereocenters. The second-order valence-corrected chi connectivity index (χ2v) is 8.68. The number of hydrogen-bond donors (Lipinski definition) is 0. The molecule has 0 amide bonds. The minimum Gasteiger partial charge on any atom is -0.260 e. The van der Waals surface area contributed by atoms with E-state index in [4.69, 9.17) is 19.9 Å². The third-order valence-electron chi connectivity index (χ3n) is 6.44. The first kappa shape index (κ1) is 19.8. The Morgan fingerprint density at radius 3 is 2.23 bits per heavy atom. The lowest BCUT2D eigenvalue weighted by molar-refractivity contribution is 0.968. The molecule has 6 aromatic rings. The Bertz CT molecular complexity index is 1790. The van der Waals surface area contributed by atoms with Gasteiger partial charge < -0.3 is 0 Å². The fraction of sp³-hybridized carbons (Fsp3) is 0.0667. The highest BCUT2D eigenvalue weighted by Crippen LogP contribution is 2.32. The molecule has 0 bridgehead atoms. The Morgan fingerprint density at radius 2 is 1.40 bits per heavy atom. The molecule has 0 radical (unpaired) electrons. The Hall–Kier alpha value is -4.64. The van der Waals surface area contributed by atoms with Crippen molar-refractivity contribution in [3.05, 3.63) is 109 Å². The molecule has 35 heavy (non-hydrogen) atoms. The van der Waals surface area contributed by atoms with Crippen molar-refractivity contribution in [1.82, 2.24) is 24.5 Å². The van der Waals surface area contributed by atoms with Gasteiger partial charge in [-0.25, -0.2) is 19.9 Å². The standard InChI is InChI=1S/C30H21N5/c1-3-11-20(12-4-1)25-19-26(21-13-5-2-6-14-21)34-30(33-25)35-27-18-10-7-15-22(27)28-29(35)32-24-17-9-8-16-23(24)31-28/h1,3-5,7-19H,2,6H2. The number of allylic oxidation sites excluding steroid dienone is 4. The molecule has 5 heteroatoms. The zero-order valence-electron chi connectivity index (χ0n) is 19.0. The average Bonchev–Trinajstić information content (AvgIpc) is 3.26. The van der Waals surface area contributed by atoms with Crippen molar-refractivity contribution in [3.63, 3.8) is 0 Å². The second-order valence-electron chi connectivity index (χ2n) is 8.68. The Kier molecular flexibility index (Phi) is 4.52. The van der Waals surface area contributed by atoms with E-state index in [1.165, 1.54) is 0 Å². The van der Waals surface area contributed by atoms with Crippen LogP contribution in [0.4, 0.5) is 0 Å². The summed E-state index contributed by atoms with van der Waals surface area (Å²) in [5.74, 6) is 0.594. The molecule has 3 heterocycles. The van der Waals surface area contributed by atoms with E-state index in [2.05, 4.69) is 48.6 Å². The SMILES string of the molecule is C1=CC(c2cc(-c3ccccc3)nc(-n3c4ccccc4c4nc5ccccc5nc43)n2)=CCC1. The van der Waals surface area contributed by atoms with E-state index in [9.17, 15) is 0 Å². The molecule has 1 aliphatic carbocycles. The van der Waals surface area contributed by atoms with Crippen LogP contribution in [-0.4, -0.2) is 24.5 Å². The highest BCUT2D eigenvalue weighted by atomic mass is 15.2. The van der Waals surface area contributed by atoms with Crippen LogP contribution in [0.2, 0.25) is 0 Å². The monoisotopic (exact) mass is 451 g/mol. The van der Waals surface area contributed by atoms with E-state index in [-0.39, 0.29) is 0 Å². The minimum absolute atomic E-state index is 0.594. The van der Waals surface area contributed by atoms with Gasteiger partial charge in [0.25, 0.3) is 0 Å². The normalized spacial score (nSPS) is 13.5. The molecule has 0 aliphatic heterocycles. The van der Waals surface area contributed by atoms with Crippen LogP contribution >= 0.6 is 0 Å². The van der Waals surface area contributed by atoms with Gasteiger partial charge in [0.05, 0.1) is 27.9 Å². The van der Waals surface area contributed by atoms with Gasteiger partial charge >= 0.3 is 0 Å². The van der Waals surface area contributed by atoms with Gasteiger partial charge in [0.1, 0.15) is 5.52 Å². The highest BCUT2D eigenvalue weighted by Gasteiger charge is 2.19. The van der Waals surface area contributed by atoms with Gasteiger partial charge in [0.2, 0.25) is 5.95 Å². The fourth-order valence-corrected chi connectivity index (χ4v) is 4.76. The quantitative estimate of drug-likeness (QED) is 0.293. The van der Waals surface area contributed by atoms with Crippen LogP contribution in [0.15, 0.2) is 103 Å². The van der Waals surface area contributed by atoms with Crippen molar-refractivity contribution in [1.29, 1.82) is 0 Å². The zero-order valence-corrected chi connectivity index (χ0v) is 19.0. The Labute approximate surface area is 202 Å². The first-order chi connectivity index (χ1) is 17.3. The molecule has 0 fully saturated rings. The number of aromatic nitrogens is 5. The summed E-state index contributed by atoms with van der Waals surface area (Å²) in [6.07, 6.45) is 8.68. The smallest absolute Gasteiger partial charge is 0.237 e. The number of nitrogens with zero attached hydrogens (tertiary/aromatic N) is 5. The predicted octanol–water partition coefficient (Wildman–Crippen LogP) is 6.92. The van der Waals surface area contributed by atoms with Crippen molar-refractivity contribution >= 4 is 38.7 Å². The summed E-state index contributed by atoms with van der Waals surface area (Å²) in [6.45, 7) is 0. The molecule has 7 rings (SSSR count). The van der Waals surface area contributed by atoms with Crippen molar-refractivity contribution in [3.8, 4) is 17.2 Å². The average molecular weight is 452 g/mol. The third kappa shape index (κ3) is 3.32. The van der Waals surface area contributed by atoms with Gasteiger partial charge in [-0.2, -0.15) is 0 Å². The maximum Gasteiger partial charge on any atom is 0.237 e. The molecule has 0 spiro atoms. The Morgan fingerprint density at radius 1 is 0.657 bits per heavy atom. The summed E-state index contributed by atoms with van der Waals surface area (Å²) in [5.41, 5.74) is 8.28.